The largest absolute Gasteiger partial charge is 0.466 e. The summed E-state index contributed by atoms with van der Waals surface area (Å²) in [6.45, 7) is 10.9. The van der Waals surface area contributed by atoms with Crippen molar-refractivity contribution in [3.05, 3.63) is 36.0 Å². The van der Waals surface area contributed by atoms with Crippen LogP contribution in [0.4, 0.5) is 4.79 Å². The highest BCUT2D eigenvalue weighted by Crippen LogP contribution is 2.28. The average Bonchev–Trinajstić information content (AvgIpc) is 3.41. The van der Waals surface area contributed by atoms with Crippen LogP contribution in [0, 0.1) is 11.8 Å². The second-order valence-electron chi connectivity index (χ2n) is 13.6. The van der Waals surface area contributed by atoms with E-state index < -0.39 is 53.7 Å². The minimum Gasteiger partial charge on any atom is -0.466 e. The number of para-hydroxylation sites is 1. The third-order valence-electron chi connectivity index (χ3n) is 8.68. The van der Waals surface area contributed by atoms with Gasteiger partial charge in [-0.15, -0.1) is 0 Å². The first-order chi connectivity index (χ1) is 21.8. The van der Waals surface area contributed by atoms with Crippen molar-refractivity contribution >= 4 is 34.8 Å². The van der Waals surface area contributed by atoms with Gasteiger partial charge in [0.25, 0.3) is 0 Å². The second-order valence-corrected chi connectivity index (χ2v) is 13.6. The van der Waals surface area contributed by atoms with E-state index in [0.717, 1.165) is 48.6 Å². The molecule has 0 aliphatic heterocycles. The van der Waals surface area contributed by atoms with Crippen LogP contribution in [0.5, 0.6) is 0 Å². The summed E-state index contributed by atoms with van der Waals surface area (Å²) >= 11 is 0. The molecule has 0 saturated heterocycles. The van der Waals surface area contributed by atoms with Crippen LogP contribution >= 0.6 is 0 Å². The summed E-state index contributed by atoms with van der Waals surface area (Å²) in [5, 5.41) is 20.7. The van der Waals surface area contributed by atoms with Gasteiger partial charge in [-0.25, -0.2) is 4.79 Å². The molecule has 11 heteroatoms. The molecule has 1 aliphatic rings. The summed E-state index contributed by atoms with van der Waals surface area (Å²) in [6, 6.07) is 5.02. The van der Waals surface area contributed by atoms with Crippen LogP contribution in [0.2, 0.25) is 0 Å². The Hall–Kier alpha value is -3.60. The molecule has 1 aliphatic carbocycles. The molecule has 5 atom stereocenters. The molecule has 1 saturated carbocycles. The van der Waals surface area contributed by atoms with E-state index >= 15 is 0 Å². The van der Waals surface area contributed by atoms with Gasteiger partial charge in [-0.3, -0.25) is 14.4 Å². The van der Waals surface area contributed by atoms with Crippen LogP contribution in [0.15, 0.2) is 30.5 Å². The number of aliphatic hydroxyl groups excluding tert-OH is 1. The Labute approximate surface area is 272 Å². The number of rotatable bonds is 15. The van der Waals surface area contributed by atoms with Crippen LogP contribution in [-0.2, 0) is 30.3 Å². The number of ether oxygens (including phenoxy) is 2. The predicted molar refractivity (Wildman–Crippen MR) is 177 cm³/mol. The van der Waals surface area contributed by atoms with E-state index in [1.165, 1.54) is 0 Å². The van der Waals surface area contributed by atoms with E-state index in [0.29, 0.717) is 12.8 Å². The van der Waals surface area contributed by atoms with Crippen LogP contribution in [0.3, 0.4) is 0 Å². The molecule has 46 heavy (non-hydrogen) atoms. The molecule has 2 unspecified atom stereocenters. The molecular formula is C35H54N4O7. The first-order valence-electron chi connectivity index (χ1n) is 16.8. The molecule has 3 rings (SSSR count). The molecule has 2 aromatic rings. The fraction of sp³-hybridized carbons (Fsp3) is 0.657. The maximum atomic E-state index is 13.9. The number of carbonyl (C=O) groups excluding carboxylic acids is 4. The first kappa shape index (κ1) is 36.9. The third-order valence-corrected chi connectivity index (χ3v) is 8.68. The quantitative estimate of drug-likeness (QED) is 0.173. The number of benzene rings is 1. The van der Waals surface area contributed by atoms with Crippen molar-refractivity contribution < 1.29 is 33.8 Å². The minimum absolute atomic E-state index is 0.173. The van der Waals surface area contributed by atoms with Crippen molar-refractivity contribution in [3.8, 4) is 0 Å². The van der Waals surface area contributed by atoms with Gasteiger partial charge in [0.05, 0.1) is 25.2 Å². The van der Waals surface area contributed by atoms with Gasteiger partial charge in [0.2, 0.25) is 11.8 Å². The van der Waals surface area contributed by atoms with Gasteiger partial charge in [-0.05, 0) is 64.0 Å². The molecular weight excluding hydrogens is 588 g/mol. The number of nitrogens with one attached hydrogen (secondary N) is 4. The molecule has 256 valence electrons. The van der Waals surface area contributed by atoms with Crippen LogP contribution < -0.4 is 16.0 Å². The molecule has 1 aromatic heterocycles. The smallest absolute Gasteiger partial charge is 0.408 e. The monoisotopic (exact) mass is 642 g/mol. The molecule has 0 spiro atoms. The number of aliphatic hydroxyl groups is 1. The molecule has 3 amide bonds. The maximum Gasteiger partial charge on any atom is 0.408 e. The molecule has 1 heterocycles. The number of carbonyl (C=O) groups is 4. The fourth-order valence-corrected chi connectivity index (χ4v) is 6.02. The molecule has 5 N–H and O–H groups in total. The topological polar surface area (TPSA) is 159 Å². The summed E-state index contributed by atoms with van der Waals surface area (Å²) in [7, 11) is 0. The van der Waals surface area contributed by atoms with Crippen molar-refractivity contribution in [2.24, 2.45) is 11.8 Å². The maximum absolute atomic E-state index is 13.9. The Bertz CT molecular complexity index is 1300. The van der Waals surface area contributed by atoms with Gasteiger partial charge in [-0.2, -0.15) is 0 Å². The lowest BCUT2D eigenvalue weighted by atomic mass is 9.84. The van der Waals surface area contributed by atoms with Gasteiger partial charge in [0, 0.05) is 17.1 Å². The zero-order valence-corrected chi connectivity index (χ0v) is 28.3. The Morgan fingerprint density at radius 3 is 2.35 bits per heavy atom. The van der Waals surface area contributed by atoms with Crippen LogP contribution in [0.25, 0.3) is 10.9 Å². The van der Waals surface area contributed by atoms with E-state index in [1.807, 2.05) is 44.3 Å². The number of hydrogen-bond donors (Lipinski definition) is 5. The van der Waals surface area contributed by atoms with Crippen molar-refractivity contribution in [1.82, 2.24) is 20.9 Å². The Kier molecular flexibility index (Phi) is 13.9. The third kappa shape index (κ3) is 11.3. The van der Waals surface area contributed by atoms with Gasteiger partial charge in [-0.1, -0.05) is 70.6 Å². The number of hydrogen-bond acceptors (Lipinski definition) is 7. The van der Waals surface area contributed by atoms with Crippen LogP contribution in [-0.4, -0.2) is 70.4 Å². The zero-order chi connectivity index (χ0) is 33.9. The predicted octanol–water partition coefficient (Wildman–Crippen LogP) is 4.90. The molecule has 1 aromatic carbocycles. The summed E-state index contributed by atoms with van der Waals surface area (Å²) < 4.78 is 10.5. The Balaban J connectivity index is 1.83. The van der Waals surface area contributed by atoms with Crippen molar-refractivity contribution in [2.45, 2.75) is 129 Å². The zero-order valence-electron chi connectivity index (χ0n) is 28.3. The summed E-state index contributed by atoms with van der Waals surface area (Å²) in [4.78, 5) is 56.0. The lowest BCUT2D eigenvalue weighted by Crippen LogP contribution is -2.58. The lowest BCUT2D eigenvalue weighted by Gasteiger charge is -2.31. The second kappa shape index (κ2) is 17.4. The number of amides is 3. The van der Waals surface area contributed by atoms with Crippen molar-refractivity contribution in [1.29, 1.82) is 0 Å². The molecule has 1 fully saturated rings. The average molecular weight is 643 g/mol. The van der Waals surface area contributed by atoms with E-state index in [-0.39, 0.29) is 31.3 Å². The van der Waals surface area contributed by atoms with Crippen molar-refractivity contribution in [3.63, 3.8) is 0 Å². The van der Waals surface area contributed by atoms with E-state index in [4.69, 9.17) is 9.47 Å². The highest BCUT2D eigenvalue weighted by Gasteiger charge is 2.35. The number of H-pyrrole nitrogens is 1. The highest BCUT2D eigenvalue weighted by atomic mass is 16.6. The molecule has 11 nitrogen and oxygen atoms in total. The van der Waals surface area contributed by atoms with Crippen LogP contribution in [0.1, 0.15) is 98.5 Å². The van der Waals surface area contributed by atoms with Gasteiger partial charge >= 0.3 is 12.1 Å². The fourth-order valence-electron chi connectivity index (χ4n) is 6.02. The SMILES string of the molecule is CCOC(=O)CC(O)[C@H](Cc1c[nH]c2ccccc12)NC(=O)[C@@H](NC(=O)[C@H](CC1CCCCC1)NC(=O)OC(C)(C)C)C(C)CC. The van der Waals surface area contributed by atoms with Gasteiger partial charge in [0.1, 0.15) is 17.7 Å². The van der Waals surface area contributed by atoms with E-state index in [2.05, 4.69) is 20.9 Å². The van der Waals surface area contributed by atoms with E-state index in [1.54, 1.807) is 27.7 Å². The number of alkyl carbamates (subject to hydrolysis) is 1. The van der Waals surface area contributed by atoms with Crippen molar-refractivity contribution in [2.75, 3.05) is 6.61 Å². The number of esters is 1. The summed E-state index contributed by atoms with van der Waals surface area (Å²) in [5.41, 5.74) is 1.04. The molecule has 0 radical (unpaired) electrons. The first-order valence-corrected chi connectivity index (χ1v) is 16.8. The summed E-state index contributed by atoms with van der Waals surface area (Å²) in [6.07, 6.45) is 6.14. The number of aromatic nitrogens is 1. The van der Waals surface area contributed by atoms with Gasteiger partial charge < -0.3 is 35.5 Å². The number of fused-ring (bicyclic) bond motifs is 1. The van der Waals surface area contributed by atoms with E-state index in [9.17, 15) is 24.3 Å². The minimum atomic E-state index is -1.24. The lowest BCUT2D eigenvalue weighted by molar-refractivity contribution is -0.146. The highest BCUT2D eigenvalue weighted by molar-refractivity contribution is 5.92. The molecule has 0 bridgehead atoms. The van der Waals surface area contributed by atoms with Gasteiger partial charge in [0.15, 0.2) is 0 Å². The number of aromatic amines is 1. The standard InChI is InChI=1S/C35H54N4O7/c1-7-22(3)31(39-32(42)28(18-23-14-10-9-11-15-23)38-34(44)46-35(4,5)6)33(43)37-27(29(40)20-30(41)45-8-2)19-24-21-36-26-17-13-12-16-25(24)26/h12-13,16-17,21-23,27-29,31,36,40H,7-11,14-15,18-20H2,1-6H3,(H,37,43)(H,38,44)(H,39,42)/t22?,27-,28-,29?,31-/m0/s1. The summed E-state index contributed by atoms with van der Waals surface area (Å²) in [5.74, 6) is -1.51. The normalized spacial score (nSPS) is 17.3. The Morgan fingerprint density at radius 2 is 1.70 bits per heavy atom. The Morgan fingerprint density at radius 1 is 1.00 bits per heavy atom.